The van der Waals surface area contributed by atoms with Crippen molar-refractivity contribution in [2.75, 3.05) is 6.61 Å². The van der Waals surface area contributed by atoms with Gasteiger partial charge >= 0.3 is 0 Å². The van der Waals surface area contributed by atoms with Crippen molar-refractivity contribution in [3.8, 4) is 0 Å². The van der Waals surface area contributed by atoms with E-state index in [0.29, 0.717) is 12.1 Å². The fraction of sp³-hybridized carbons (Fsp3) is 0.692. The van der Waals surface area contributed by atoms with Gasteiger partial charge in [-0.1, -0.05) is 13.3 Å². The van der Waals surface area contributed by atoms with E-state index >= 15 is 0 Å². The second-order valence-electron chi connectivity index (χ2n) is 4.58. The summed E-state index contributed by atoms with van der Waals surface area (Å²) >= 11 is 0. The van der Waals surface area contributed by atoms with Crippen LogP contribution in [-0.2, 0) is 11.3 Å². The standard InChI is InChI=1S/C13H21N3O/c1-2-3-13-8-11(5-7-17-13)15-9-12-4-6-14-10-16-12/h4,6,10-11,13,15H,2-3,5,7-9H2,1H3. The Labute approximate surface area is 103 Å². The van der Waals surface area contributed by atoms with Crippen molar-refractivity contribution >= 4 is 0 Å². The molecule has 1 saturated heterocycles. The molecule has 0 aromatic carbocycles. The molecule has 1 aliphatic heterocycles. The summed E-state index contributed by atoms with van der Waals surface area (Å²) in [4.78, 5) is 8.13. The van der Waals surface area contributed by atoms with Crippen LogP contribution >= 0.6 is 0 Å². The molecule has 1 N–H and O–H groups in total. The average Bonchev–Trinajstić information content (AvgIpc) is 2.39. The molecule has 0 spiro atoms. The molecule has 1 fully saturated rings. The van der Waals surface area contributed by atoms with Crippen molar-refractivity contribution in [2.24, 2.45) is 0 Å². The molecule has 94 valence electrons. The van der Waals surface area contributed by atoms with E-state index in [2.05, 4.69) is 22.2 Å². The van der Waals surface area contributed by atoms with E-state index in [1.54, 1.807) is 12.5 Å². The van der Waals surface area contributed by atoms with Crippen molar-refractivity contribution in [3.05, 3.63) is 24.3 Å². The topological polar surface area (TPSA) is 47.0 Å². The molecule has 2 unspecified atom stereocenters. The average molecular weight is 235 g/mol. The second kappa shape index (κ2) is 6.67. The van der Waals surface area contributed by atoms with Crippen LogP contribution in [0.5, 0.6) is 0 Å². The first-order valence-corrected chi connectivity index (χ1v) is 6.48. The molecule has 4 nitrogen and oxygen atoms in total. The molecule has 1 aliphatic rings. The van der Waals surface area contributed by atoms with Crippen LogP contribution in [-0.4, -0.2) is 28.7 Å². The molecule has 4 heteroatoms. The molecule has 1 aromatic rings. The molecule has 2 heterocycles. The Morgan fingerprint density at radius 1 is 1.53 bits per heavy atom. The Hall–Kier alpha value is -1.00. The maximum Gasteiger partial charge on any atom is 0.115 e. The molecular formula is C13H21N3O. The molecule has 0 aliphatic carbocycles. The monoisotopic (exact) mass is 235 g/mol. The molecule has 0 radical (unpaired) electrons. The highest BCUT2D eigenvalue weighted by Crippen LogP contribution is 2.17. The summed E-state index contributed by atoms with van der Waals surface area (Å²) in [6.45, 7) is 3.92. The van der Waals surface area contributed by atoms with E-state index in [1.165, 1.54) is 12.8 Å². The third-order valence-corrected chi connectivity index (χ3v) is 3.19. The molecular weight excluding hydrogens is 214 g/mol. The van der Waals surface area contributed by atoms with Crippen LogP contribution in [0.2, 0.25) is 0 Å². The first kappa shape index (κ1) is 12.5. The number of hydrogen-bond donors (Lipinski definition) is 1. The van der Waals surface area contributed by atoms with Crippen LogP contribution < -0.4 is 5.32 Å². The smallest absolute Gasteiger partial charge is 0.115 e. The lowest BCUT2D eigenvalue weighted by molar-refractivity contribution is -0.00347. The fourth-order valence-electron chi connectivity index (χ4n) is 2.26. The number of nitrogens with zero attached hydrogens (tertiary/aromatic N) is 2. The second-order valence-corrected chi connectivity index (χ2v) is 4.58. The van der Waals surface area contributed by atoms with Crippen LogP contribution in [0.25, 0.3) is 0 Å². The van der Waals surface area contributed by atoms with E-state index in [0.717, 1.165) is 31.7 Å². The van der Waals surface area contributed by atoms with Crippen LogP contribution in [0.3, 0.4) is 0 Å². The number of rotatable bonds is 5. The summed E-state index contributed by atoms with van der Waals surface area (Å²) in [6, 6.07) is 2.52. The summed E-state index contributed by atoms with van der Waals surface area (Å²) in [5.41, 5.74) is 1.05. The van der Waals surface area contributed by atoms with E-state index < -0.39 is 0 Å². The van der Waals surface area contributed by atoms with Gasteiger partial charge < -0.3 is 10.1 Å². The van der Waals surface area contributed by atoms with Gasteiger partial charge in [-0.2, -0.15) is 0 Å². The van der Waals surface area contributed by atoms with Gasteiger partial charge in [-0.05, 0) is 25.3 Å². The maximum atomic E-state index is 5.74. The predicted molar refractivity (Wildman–Crippen MR) is 66.5 cm³/mol. The highest BCUT2D eigenvalue weighted by molar-refractivity contribution is 4.97. The molecule has 0 bridgehead atoms. The van der Waals surface area contributed by atoms with Gasteiger partial charge in [0.2, 0.25) is 0 Å². The summed E-state index contributed by atoms with van der Waals surface area (Å²) in [5.74, 6) is 0. The molecule has 0 amide bonds. The number of nitrogens with one attached hydrogen (secondary N) is 1. The maximum absolute atomic E-state index is 5.74. The van der Waals surface area contributed by atoms with Gasteiger partial charge in [0.05, 0.1) is 11.8 Å². The highest BCUT2D eigenvalue weighted by Gasteiger charge is 2.21. The highest BCUT2D eigenvalue weighted by atomic mass is 16.5. The molecule has 1 aromatic heterocycles. The van der Waals surface area contributed by atoms with Crippen LogP contribution in [0.1, 0.15) is 38.3 Å². The molecule has 17 heavy (non-hydrogen) atoms. The van der Waals surface area contributed by atoms with Crippen molar-refractivity contribution < 1.29 is 4.74 Å². The summed E-state index contributed by atoms with van der Waals surface area (Å²) in [6.07, 6.45) is 8.42. The number of aromatic nitrogens is 2. The first-order valence-electron chi connectivity index (χ1n) is 6.48. The van der Waals surface area contributed by atoms with Crippen molar-refractivity contribution in [1.29, 1.82) is 0 Å². The minimum absolute atomic E-state index is 0.441. The molecule has 2 rings (SSSR count). The summed E-state index contributed by atoms with van der Waals surface area (Å²) in [5, 5.41) is 3.56. The lowest BCUT2D eigenvalue weighted by Gasteiger charge is -2.30. The first-order chi connectivity index (χ1) is 8.38. The Bertz CT molecular complexity index is 316. The normalized spacial score (nSPS) is 24.8. The largest absolute Gasteiger partial charge is 0.378 e. The predicted octanol–water partition coefficient (Wildman–Crippen LogP) is 1.91. The van der Waals surface area contributed by atoms with E-state index in [-0.39, 0.29) is 0 Å². The van der Waals surface area contributed by atoms with Gasteiger partial charge in [0.25, 0.3) is 0 Å². The zero-order valence-corrected chi connectivity index (χ0v) is 10.4. The molecule has 0 saturated carbocycles. The number of hydrogen-bond acceptors (Lipinski definition) is 4. The summed E-state index contributed by atoms with van der Waals surface area (Å²) in [7, 11) is 0. The van der Waals surface area contributed by atoms with Crippen molar-refractivity contribution in [1.82, 2.24) is 15.3 Å². The van der Waals surface area contributed by atoms with Crippen LogP contribution in [0, 0.1) is 0 Å². The lowest BCUT2D eigenvalue weighted by Crippen LogP contribution is -2.38. The lowest BCUT2D eigenvalue weighted by atomic mass is 10.00. The Balaban J connectivity index is 1.75. The minimum Gasteiger partial charge on any atom is -0.378 e. The van der Waals surface area contributed by atoms with E-state index in [4.69, 9.17) is 4.74 Å². The third kappa shape index (κ3) is 4.06. The van der Waals surface area contributed by atoms with Gasteiger partial charge in [-0.15, -0.1) is 0 Å². The zero-order chi connectivity index (χ0) is 11.9. The third-order valence-electron chi connectivity index (χ3n) is 3.19. The van der Waals surface area contributed by atoms with Crippen molar-refractivity contribution in [2.45, 2.75) is 51.3 Å². The van der Waals surface area contributed by atoms with Gasteiger partial charge in [0.1, 0.15) is 6.33 Å². The molecule has 2 atom stereocenters. The van der Waals surface area contributed by atoms with Crippen LogP contribution in [0.4, 0.5) is 0 Å². The Morgan fingerprint density at radius 2 is 2.47 bits per heavy atom. The van der Waals surface area contributed by atoms with Gasteiger partial charge in [0, 0.05) is 25.4 Å². The number of ether oxygens (including phenoxy) is 1. The Morgan fingerprint density at radius 3 is 3.24 bits per heavy atom. The zero-order valence-electron chi connectivity index (χ0n) is 10.4. The summed E-state index contributed by atoms with van der Waals surface area (Å²) < 4.78 is 5.74. The van der Waals surface area contributed by atoms with E-state index in [9.17, 15) is 0 Å². The van der Waals surface area contributed by atoms with Gasteiger partial charge in [-0.3, -0.25) is 0 Å². The van der Waals surface area contributed by atoms with E-state index in [1.807, 2.05) is 6.07 Å². The SMILES string of the molecule is CCCC1CC(NCc2ccncn2)CCO1. The van der Waals surface area contributed by atoms with Gasteiger partial charge in [-0.25, -0.2) is 9.97 Å². The minimum atomic E-state index is 0.441. The van der Waals surface area contributed by atoms with Crippen LogP contribution in [0.15, 0.2) is 18.6 Å². The fourth-order valence-corrected chi connectivity index (χ4v) is 2.26. The quantitative estimate of drug-likeness (QED) is 0.847. The van der Waals surface area contributed by atoms with Gasteiger partial charge in [0.15, 0.2) is 0 Å². The van der Waals surface area contributed by atoms with Crippen molar-refractivity contribution in [3.63, 3.8) is 0 Å². The Kier molecular flexibility index (Phi) is 4.88.